The van der Waals surface area contributed by atoms with Gasteiger partial charge in [-0.3, -0.25) is 0 Å². The Morgan fingerprint density at radius 1 is 1.47 bits per heavy atom. The number of thioether (sulfide) groups is 1. The molecule has 0 amide bonds. The standard InChI is InChI=1S/C12H25NOS/c1-10(9-15-12(2,3)4)13-7-11-5-6-14-8-11/h10-11,13H,5-9H2,1-4H3. The monoisotopic (exact) mass is 231 g/mol. The molecule has 1 aliphatic heterocycles. The molecule has 3 heteroatoms. The summed E-state index contributed by atoms with van der Waals surface area (Å²) in [6, 6.07) is 0.606. The normalized spacial score (nSPS) is 24.4. The zero-order valence-electron chi connectivity index (χ0n) is 10.5. The Hall–Kier alpha value is 0.270. The highest BCUT2D eigenvalue weighted by Crippen LogP contribution is 2.23. The van der Waals surface area contributed by atoms with E-state index in [4.69, 9.17) is 4.74 Å². The summed E-state index contributed by atoms with van der Waals surface area (Å²) in [5.41, 5.74) is 0. The molecule has 0 spiro atoms. The van der Waals surface area contributed by atoms with E-state index in [-0.39, 0.29) is 0 Å². The number of ether oxygens (including phenoxy) is 1. The molecule has 1 N–H and O–H groups in total. The summed E-state index contributed by atoms with van der Waals surface area (Å²) in [7, 11) is 0. The Morgan fingerprint density at radius 3 is 2.73 bits per heavy atom. The maximum atomic E-state index is 5.36. The molecule has 2 atom stereocenters. The second-order valence-electron chi connectivity index (χ2n) is 5.46. The molecular weight excluding hydrogens is 206 g/mol. The Balaban J connectivity index is 2.05. The van der Waals surface area contributed by atoms with Crippen molar-refractivity contribution in [2.24, 2.45) is 5.92 Å². The molecule has 1 heterocycles. The van der Waals surface area contributed by atoms with Gasteiger partial charge in [0.25, 0.3) is 0 Å². The van der Waals surface area contributed by atoms with Gasteiger partial charge in [0.15, 0.2) is 0 Å². The maximum Gasteiger partial charge on any atom is 0.0507 e. The minimum absolute atomic E-state index is 0.381. The highest BCUT2D eigenvalue weighted by atomic mass is 32.2. The van der Waals surface area contributed by atoms with Crippen molar-refractivity contribution in [2.75, 3.05) is 25.5 Å². The summed E-state index contributed by atoms with van der Waals surface area (Å²) in [4.78, 5) is 0. The van der Waals surface area contributed by atoms with E-state index in [0.717, 1.165) is 25.7 Å². The Kier molecular flexibility index (Phi) is 5.44. The highest BCUT2D eigenvalue weighted by molar-refractivity contribution is 8.00. The van der Waals surface area contributed by atoms with Crippen LogP contribution in [0, 0.1) is 5.92 Å². The van der Waals surface area contributed by atoms with Gasteiger partial charge in [0.2, 0.25) is 0 Å². The van der Waals surface area contributed by atoms with E-state index in [0.29, 0.717) is 10.8 Å². The second kappa shape index (κ2) is 6.12. The first-order valence-electron chi connectivity index (χ1n) is 5.92. The van der Waals surface area contributed by atoms with Crippen molar-refractivity contribution in [3.8, 4) is 0 Å². The van der Waals surface area contributed by atoms with Crippen molar-refractivity contribution in [1.82, 2.24) is 5.32 Å². The average molecular weight is 231 g/mol. The van der Waals surface area contributed by atoms with Gasteiger partial charge in [-0.1, -0.05) is 20.8 Å². The minimum Gasteiger partial charge on any atom is -0.381 e. The largest absolute Gasteiger partial charge is 0.381 e. The van der Waals surface area contributed by atoms with Crippen LogP contribution >= 0.6 is 11.8 Å². The van der Waals surface area contributed by atoms with Crippen LogP contribution in [0.3, 0.4) is 0 Å². The van der Waals surface area contributed by atoms with Crippen molar-refractivity contribution in [3.63, 3.8) is 0 Å². The average Bonchev–Trinajstić information content (AvgIpc) is 2.62. The Labute approximate surface area is 98.5 Å². The fraction of sp³-hybridized carbons (Fsp3) is 1.00. The lowest BCUT2D eigenvalue weighted by molar-refractivity contribution is 0.185. The topological polar surface area (TPSA) is 21.3 Å². The van der Waals surface area contributed by atoms with Gasteiger partial charge >= 0.3 is 0 Å². The van der Waals surface area contributed by atoms with Crippen molar-refractivity contribution >= 4 is 11.8 Å². The molecule has 1 rings (SSSR count). The third kappa shape index (κ3) is 6.44. The summed E-state index contributed by atoms with van der Waals surface area (Å²) in [6.07, 6.45) is 1.23. The van der Waals surface area contributed by atoms with Crippen molar-refractivity contribution in [3.05, 3.63) is 0 Å². The van der Waals surface area contributed by atoms with Crippen molar-refractivity contribution < 1.29 is 4.74 Å². The van der Waals surface area contributed by atoms with E-state index in [2.05, 4.69) is 33.0 Å². The molecule has 2 unspecified atom stereocenters. The van der Waals surface area contributed by atoms with E-state index in [1.807, 2.05) is 11.8 Å². The quantitative estimate of drug-likeness (QED) is 0.785. The summed E-state index contributed by atoms with van der Waals surface area (Å²) in [5.74, 6) is 1.93. The molecule has 15 heavy (non-hydrogen) atoms. The first kappa shape index (κ1) is 13.3. The molecular formula is C12H25NOS. The third-order valence-electron chi connectivity index (χ3n) is 2.55. The first-order valence-corrected chi connectivity index (χ1v) is 6.91. The molecule has 2 nitrogen and oxygen atoms in total. The lowest BCUT2D eigenvalue weighted by Gasteiger charge is -2.22. The number of rotatable bonds is 5. The van der Waals surface area contributed by atoms with Crippen LogP contribution in [-0.4, -0.2) is 36.3 Å². The molecule has 0 aliphatic carbocycles. The van der Waals surface area contributed by atoms with Crippen LogP contribution in [0.25, 0.3) is 0 Å². The lowest BCUT2D eigenvalue weighted by atomic mass is 10.1. The number of hydrogen-bond donors (Lipinski definition) is 1. The predicted octanol–water partition coefficient (Wildman–Crippen LogP) is 2.53. The molecule has 0 bridgehead atoms. The Bertz CT molecular complexity index is 173. The van der Waals surface area contributed by atoms with Crippen LogP contribution < -0.4 is 5.32 Å². The summed E-state index contributed by atoms with van der Waals surface area (Å²) >= 11 is 2.03. The molecule has 1 saturated heterocycles. The summed E-state index contributed by atoms with van der Waals surface area (Å²) in [5, 5.41) is 3.60. The summed E-state index contributed by atoms with van der Waals surface area (Å²) in [6.45, 7) is 12.1. The second-order valence-corrected chi connectivity index (χ2v) is 7.31. The van der Waals surface area contributed by atoms with Crippen molar-refractivity contribution in [2.45, 2.75) is 44.9 Å². The van der Waals surface area contributed by atoms with Gasteiger partial charge in [0, 0.05) is 29.7 Å². The van der Waals surface area contributed by atoms with Gasteiger partial charge in [-0.25, -0.2) is 0 Å². The number of hydrogen-bond acceptors (Lipinski definition) is 3. The van der Waals surface area contributed by atoms with Gasteiger partial charge in [-0.15, -0.1) is 0 Å². The summed E-state index contributed by atoms with van der Waals surface area (Å²) < 4.78 is 5.74. The Morgan fingerprint density at radius 2 is 2.20 bits per heavy atom. The smallest absolute Gasteiger partial charge is 0.0507 e. The molecule has 1 fully saturated rings. The lowest BCUT2D eigenvalue weighted by Crippen LogP contribution is -2.34. The maximum absolute atomic E-state index is 5.36. The van der Waals surface area contributed by atoms with Gasteiger partial charge < -0.3 is 10.1 Å². The van der Waals surface area contributed by atoms with Crippen LogP contribution in [0.4, 0.5) is 0 Å². The zero-order valence-corrected chi connectivity index (χ0v) is 11.3. The van der Waals surface area contributed by atoms with E-state index < -0.39 is 0 Å². The van der Waals surface area contributed by atoms with Crippen LogP contribution in [-0.2, 0) is 4.74 Å². The molecule has 1 aliphatic rings. The number of nitrogens with one attached hydrogen (secondary N) is 1. The minimum atomic E-state index is 0.381. The first-order chi connectivity index (χ1) is 6.97. The molecule has 0 aromatic heterocycles. The third-order valence-corrected chi connectivity index (χ3v) is 4.08. The van der Waals surface area contributed by atoms with E-state index >= 15 is 0 Å². The van der Waals surface area contributed by atoms with Crippen LogP contribution in [0.1, 0.15) is 34.1 Å². The SMILES string of the molecule is CC(CSC(C)(C)C)NCC1CCOC1. The van der Waals surface area contributed by atoms with Gasteiger partial charge in [-0.05, 0) is 19.3 Å². The van der Waals surface area contributed by atoms with Gasteiger partial charge in [0.05, 0.1) is 6.61 Å². The van der Waals surface area contributed by atoms with Crippen LogP contribution in [0.2, 0.25) is 0 Å². The van der Waals surface area contributed by atoms with E-state index in [1.165, 1.54) is 12.2 Å². The van der Waals surface area contributed by atoms with Crippen molar-refractivity contribution in [1.29, 1.82) is 0 Å². The van der Waals surface area contributed by atoms with E-state index in [1.54, 1.807) is 0 Å². The zero-order chi connectivity index (χ0) is 11.3. The molecule has 0 aromatic carbocycles. The molecule has 0 saturated carbocycles. The fourth-order valence-electron chi connectivity index (χ4n) is 1.55. The highest BCUT2D eigenvalue weighted by Gasteiger charge is 2.17. The van der Waals surface area contributed by atoms with E-state index in [9.17, 15) is 0 Å². The molecule has 0 aromatic rings. The fourth-order valence-corrected chi connectivity index (χ4v) is 2.41. The van der Waals surface area contributed by atoms with Gasteiger partial charge in [-0.2, -0.15) is 11.8 Å². The molecule has 90 valence electrons. The van der Waals surface area contributed by atoms with Crippen LogP contribution in [0.15, 0.2) is 0 Å². The molecule has 0 radical (unpaired) electrons. The predicted molar refractivity (Wildman–Crippen MR) is 68.6 cm³/mol. The van der Waals surface area contributed by atoms with Gasteiger partial charge in [0.1, 0.15) is 0 Å². The van der Waals surface area contributed by atoms with Crippen LogP contribution in [0.5, 0.6) is 0 Å².